The van der Waals surface area contributed by atoms with Gasteiger partial charge in [0.05, 0.1) is 0 Å². The Hall–Kier alpha value is 1.16. The van der Waals surface area contributed by atoms with Gasteiger partial charge in [-0.3, -0.25) is 0 Å². The first-order valence-electron chi connectivity index (χ1n) is 4.30. The molecule has 0 saturated heterocycles. The second-order valence-corrected chi connectivity index (χ2v) is 6.93. The zero-order valence-corrected chi connectivity index (χ0v) is 12.6. The van der Waals surface area contributed by atoms with Crippen LogP contribution in [0.1, 0.15) is 40.0 Å². The van der Waals surface area contributed by atoms with E-state index in [1.165, 1.54) is 19.3 Å². The van der Waals surface area contributed by atoms with Gasteiger partial charge >= 0.3 is 81.7 Å². The number of hydrogen-bond donors (Lipinski definition) is 1. The van der Waals surface area contributed by atoms with E-state index in [1.807, 2.05) is 0 Å². The SMILES string of the molecule is CC(C)(C)[NH][Zr][C]1=CCCC1.Cl.Cl. The van der Waals surface area contributed by atoms with E-state index < -0.39 is 0 Å². The van der Waals surface area contributed by atoms with Gasteiger partial charge < -0.3 is 0 Å². The van der Waals surface area contributed by atoms with Gasteiger partial charge in [-0.05, 0) is 0 Å². The van der Waals surface area contributed by atoms with Crippen LogP contribution in [0.2, 0.25) is 0 Å². The molecule has 0 radical (unpaired) electrons. The summed E-state index contributed by atoms with van der Waals surface area (Å²) in [6, 6.07) is 0. The summed E-state index contributed by atoms with van der Waals surface area (Å²) in [6.07, 6.45) is 6.57. The minimum atomic E-state index is -0.372. The summed E-state index contributed by atoms with van der Waals surface area (Å²) in [5.74, 6) is 0. The Morgan fingerprint density at radius 3 is 2.31 bits per heavy atom. The van der Waals surface area contributed by atoms with E-state index in [0.717, 1.165) is 0 Å². The molecule has 0 aromatic carbocycles. The van der Waals surface area contributed by atoms with Crippen LogP contribution in [-0.4, -0.2) is 5.54 Å². The first-order valence-corrected chi connectivity index (χ1v) is 6.76. The van der Waals surface area contributed by atoms with Gasteiger partial charge in [0, 0.05) is 0 Å². The van der Waals surface area contributed by atoms with Gasteiger partial charge in [0.1, 0.15) is 0 Å². The van der Waals surface area contributed by atoms with E-state index in [0.29, 0.717) is 5.54 Å². The molecule has 0 spiro atoms. The van der Waals surface area contributed by atoms with Crippen molar-refractivity contribution in [2.24, 2.45) is 0 Å². The molecule has 78 valence electrons. The molecule has 0 heterocycles. The summed E-state index contributed by atoms with van der Waals surface area (Å²) < 4.78 is 5.43. The largest absolute Gasteiger partial charge is 0.147 e. The van der Waals surface area contributed by atoms with Crippen molar-refractivity contribution >= 4 is 24.8 Å². The van der Waals surface area contributed by atoms with Crippen LogP contribution < -0.4 is 3.26 Å². The molecule has 0 aromatic heterocycles. The van der Waals surface area contributed by atoms with Crippen molar-refractivity contribution in [1.82, 2.24) is 3.26 Å². The Morgan fingerprint density at radius 2 is 1.92 bits per heavy atom. The van der Waals surface area contributed by atoms with Crippen LogP contribution in [0.5, 0.6) is 0 Å². The average Bonchev–Trinajstić information content (AvgIpc) is 2.32. The Morgan fingerprint density at radius 1 is 1.31 bits per heavy atom. The molecular formula is C9H19Cl2NZr. The maximum atomic E-state index is 3.67. The monoisotopic (exact) mass is 301 g/mol. The fraction of sp³-hybridized carbons (Fsp3) is 0.778. The molecule has 4 heteroatoms. The first kappa shape index (κ1) is 16.6. The molecule has 1 rings (SSSR count). The van der Waals surface area contributed by atoms with Crippen LogP contribution in [0.25, 0.3) is 0 Å². The first-order chi connectivity index (χ1) is 5.08. The molecule has 1 nitrogen and oxygen atoms in total. The van der Waals surface area contributed by atoms with E-state index in [1.54, 1.807) is 3.28 Å². The fourth-order valence-electron chi connectivity index (χ4n) is 1.05. The zero-order chi connectivity index (χ0) is 8.32. The molecule has 0 amide bonds. The van der Waals surface area contributed by atoms with Gasteiger partial charge in [-0.25, -0.2) is 0 Å². The number of rotatable bonds is 2. The minimum Gasteiger partial charge on any atom is -0.147 e. The predicted octanol–water partition coefficient (Wildman–Crippen LogP) is 3.28. The molecule has 0 unspecified atom stereocenters. The van der Waals surface area contributed by atoms with E-state index in [-0.39, 0.29) is 48.3 Å². The summed E-state index contributed by atoms with van der Waals surface area (Å²) in [4.78, 5) is 0. The number of nitrogens with one attached hydrogen (secondary N) is 1. The molecule has 0 fully saturated rings. The quantitative estimate of drug-likeness (QED) is 0.825. The standard InChI is InChI=1S/C5H7.C4H10N.2ClH.Zr/c1-2-4-5-3-1;1-4(2,3)5;;;/h1H,2,4-5H2;5H,1-3H3;2*1H;/q;-1;;;+1. The smallest absolute Gasteiger partial charge is 0.147 e. The van der Waals surface area contributed by atoms with Crippen molar-refractivity contribution < 1.29 is 23.5 Å². The number of hydrogen-bond acceptors (Lipinski definition) is 1. The molecule has 1 aliphatic rings. The molecule has 0 aliphatic heterocycles. The third kappa shape index (κ3) is 8.18. The molecule has 13 heavy (non-hydrogen) atoms. The van der Waals surface area contributed by atoms with E-state index in [4.69, 9.17) is 0 Å². The van der Waals surface area contributed by atoms with Gasteiger partial charge in [-0.1, -0.05) is 0 Å². The normalized spacial score (nSPS) is 15.5. The van der Waals surface area contributed by atoms with Crippen molar-refractivity contribution in [3.8, 4) is 0 Å². The summed E-state index contributed by atoms with van der Waals surface area (Å²) in [5.41, 5.74) is 0.343. The van der Waals surface area contributed by atoms with Crippen LogP contribution >= 0.6 is 24.8 Å². The second-order valence-electron chi connectivity index (χ2n) is 4.12. The molecule has 0 saturated carbocycles. The molecular weight excluding hydrogens is 284 g/mol. The van der Waals surface area contributed by atoms with Crippen LogP contribution in [0.3, 0.4) is 0 Å². The van der Waals surface area contributed by atoms with Gasteiger partial charge in [-0.2, -0.15) is 0 Å². The van der Waals surface area contributed by atoms with E-state index in [2.05, 4.69) is 30.1 Å². The third-order valence-corrected chi connectivity index (χ3v) is 5.70. The van der Waals surface area contributed by atoms with Crippen molar-refractivity contribution in [3.05, 3.63) is 9.36 Å². The summed E-state index contributed by atoms with van der Waals surface area (Å²) in [6.45, 7) is 6.76. The molecule has 1 aliphatic carbocycles. The zero-order valence-electron chi connectivity index (χ0n) is 8.52. The second kappa shape index (κ2) is 7.45. The van der Waals surface area contributed by atoms with Gasteiger partial charge in [0.25, 0.3) is 0 Å². The van der Waals surface area contributed by atoms with Crippen molar-refractivity contribution in [2.75, 3.05) is 0 Å². The maximum absolute atomic E-state index is 3.67. The molecule has 0 aromatic rings. The van der Waals surface area contributed by atoms with Crippen LogP contribution in [-0.2, 0) is 23.5 Å². The topological polar surface area (TPSA) is 12.0 Å². The summed E-state index contributed by atoms with van der Waals surface area (Å²) in [5, 5.41) is 0. The predicted molar refractivity (Wildman–Crippen MR) is 59.3 cm³/mol. The van der Waals surface area contributed by atoms with E-state index in [9.17, 15) is 0 Å². The Balaban J connectivity index is 0. The average molecular weight is 303 g/mol. The van der Waals surface area contributed by atoms with Crippen molar-refractivity contribution in [2.45, 2.75) is 45.6 Å². The van der Waals surface area contributed by atoms with Crippen LogP contribution in [0.15, 0.2) is 9.36 Å². The summed E-state index contributed by atoms with van der Waals surface area (Å²) in [7, 11) is 0. The van der Waals surface area contributed by atoms with E-state index >= 15 is 0 Å². The van der Waals surface area contributed by atoms with Gasteiger partial charge in [-0.15, -0.1) is 24.8 Å². The fourth-order valence-corrected chi connectivity index (χ4v) is 3.72. The van der Waals surface area contributed by atoms with Crippen molar-refractivity contribution in [1.29, 1.82) is 0 Å². The molecule has 1 N–H and O–H groups in total. The van der Waals surface area contributed by atoms with Gasteiger partial charge in [0.15, 0.2) is 0 Å². The Labute approximate surface area is 106 Å². The Kier molecular flexibility index (Phi) is 9.51. The minimum absolute atomic E-state index is 0. The van der Waals surface area contributed by atoms with Crippen molar-refractivity contribution in [3.63, 3.8) is 0 Å². The van der Waals surface area contributed by atoms with Gasteiger partial charge in [0.2, 0.25) is 0 Å². The number of allylic oxidation sites excluding steroid dienone is 2. The number of halogens is 2. The third-order valence-electron chi connectivity index (χ3n) is 1.64. The summed E-state index contributed by atoms with van der Waals surface area (Å²) >= 11 is -0.372. The van der Waals surface area contributed by atoms with Crippen LogP contribution in [0.4, 0.5) is 0 Å². The Bertz CT molecular complexity index is 163. The molecule has 0 bridgehead atoms. The van der Waals surface area contributed by atoms with Crippen LogP contribution in [0, 0.1) is 0 Å². The maximum Gasteiger partial charge on any atom is -0.147 e. The molecule has 0 atom stereocenters.